The second-order valence-corrected chi connectivity index (χ2v) is 6.23. The molecule has 1 aromatic rings. The number of urea groups is 1. The van der Waals surface area contributed by atoms with Crippen LogP contribution < -0.4 is 15.4 Å². The molecule has 2 atom stereocenters. The van der Waals surface area contributed by atoms with Crippen molar-refractivity contribution >= 4 is 23.5 Å². The van der Waals surface area contributed by atoms with E-state index in [1.54, 1.807) is 33.2 Å². The Kier molecular flexibility index (Phi) is 5.71. The minimum absolute atomic E-state index is 0.156. The largest absolute Gasteiger partial charge is 0.493 e. The Morgan fingerprint density at radius 3 is 2.83 bits per heavy atom. The highest BCUT2D eigenvalue weighted by atomic mass is 35.5. The summed E-state index contributed by atoms with van der Waals surface area (Å²) in [7, 11) is 3.31. The molecular formula is C16H22ClN3O3. The highest BCUT2D eigenvalue weighted by Gasteiger charge is 2.23. The second kappa shape index (κ2) is 7.55. The molecule has 3 amide bonds. The van der Waals surface area contributed by atoms with E-state index in [2.05, 4.69) is 10.6 Å². The lowest BCUT2D eigenvalue weighted by Crippen LogP contribution is -2.48. The van der Waals surface area contributed by atoms with Gasteiger partial charge in [-0.05, 0) is 31.9 Å². The van der Waals surface area contributed by atoms with Crippen molar-refractivity contribution in [2.75, 3.05) is 20.7 Å². The van der Waals surface area contributed by atoms with Crippen LogP contribution >= 0.6 is 11.6 Å². The quantitative estimate of drug-likeness (QED) is 0.888. The van der Waals surface area contributed by atoms with Crippen molar-refractivity contribution in [1.82, 2.24) is 15.5 Å². The summed E-state index contributed by atoms with van der Waals surface area (Å²) in [5.41, 5.74) is 0.897. The Hall–Kier alpha value is -1.95. The van der Waals surface area contributed by atoms with Crippen LogP contribution in [0.15, 0.2) is 18.2 Å². The lowest BCUT2D eigenvalue weighted by molar-refractivity contribution is -0.130. The molecule has 2 N–H and O–H groups in total. The van der Waals surface area contributed by atoms with Gasteiger partial charge in [-0.3, -0.25) is 4.79 Å². The van der Waals surface area contributed by atoms with Crippen molar-refractivity contribution in [3.8, 4) is 5.75 Å². The van der Waals surface area contributed by atoms with Crippen molar-refractivity contribution in [3.63, 3.8) is 0 Å². The van der Waals surface area contributed by atoms with Gasteiger partial charge in [0, 0.05) is 24.7 Å². The fourth-order valence-electron chi connectivity index (χ4n) is 2.54. The first-order chi connectivity index (χ1) is 10.9. The van der Waals surface area contributed by atoms with Crippen LogP contribution in [0, 0.1) is 0 Å². The van der Waals surface area contributed by atoms with E-state index in [1.807, 2.05) is 6.07 Å². The number of benzene rings is 1. The Bertz CT molecular complexity index is 592. The Labute approximate surface area is 141 Å². The Balaban J connectivity index is 2.05. The molecule has 0 aliphatic carbocycles. The third kappa shape index (κ3) is 4.51. The molecule has 1 aliphatic rings. The van der Waals surface area contributed by atoms with Gasteiger partial charge in [-0.2, -0.15) is 0 Å². The van der Waals surface area contributed by atoms with Crippen LogP contribution in [0.2, 0.25) is 5.02 Å². The number of ether oxygens (including phenoxy) is 1. The number of halogens is 1. The molecule has 1 aliphatic heterocycles. The second-order valence-electron chi connectivity index (χ2n) is 5.80. The van der Waals surface area contributed by atoms with Gasteiger partial charge < -0.3 is 20.3 Å². The molecule has 1 aromatic carbocycles. The van der Waals surface area contributed by atoms with Gasteiger partial charge in [0.25, 0.3) is 0 Å². The molecule has 0 fully saturated rings. The molecule has 6 nitrogen and oxygen atoms in total. The summed E-state index contributed by atoms with van der Waals surface area (Å²) in [6.07, 6.45) is 1.58. The summed E-state index contributed by atoms with van der Waals surface area (Å²) in [5.74, 6) is 0.536. The van der Waals surface area contributed by atoms with Crippen LogP contribution in [0.1, 0.15) is 31.4 Å². The number of rotatable bonds is 3. The number of amides is 3. The molecule has 1 heterocycles. The van der Waals surface area contributed by atoms with Gasteiger partial charge in [0.15, 0.2) is 0 Å². The number of likely N-dealkylation sites (N-methyl/N-ethyl adjacent to an activating group) is 1. The lowest BCUT2D eigenvalue weighted by atomic mass is 10.0. The van der Waals surface area contributed by atoms with E-state index in [-0.39, 0.29) is 18.0 Å². The fraction of sp³-hybridized carbons (Fsp3) is 0.500. The first kappa shape index (κ1) is 17.4. The van der Waals surface area contributed by atoms with Crippen molar-refractivity contribution in [2.24, 2.45) is 0 Å². The maximum absolute atomic E-state index is 12.2. The average molecular weight is 340 g/mol. The zero-order valence-electron chi connectivity index (χ0n) is 13.6. The molecule has 2 rings (SSSR count). The Morgan fingerprint density at radius 2 is 2.13 bits per heavy atom. The van der Waals surface area contributed by atoms with Crippen molar-refractivity contribution < 1.29 is 14.3 Å². The van der Waals surface area contributed by atoms with Crippen LogP contribution in [0.25, 0.3) is 0 Å². The van der Waals surface area contributed by atoms with Crippen LogP contribution in [0.5, 0.6) is 5.75 Å². The molecule has 0 saturated carbocycles. The first-order valence-electron chi connectivity index (χ1n) is 7.59. The van der Waals surface area contributed by atoms with E-state index in [1.165, 1.54) is 4.90 Å². The van der Waals surface area contributed by atoms with Gasteiger partial charge in [-0.1, -0.05) is 17.7 Å². The summed E-state index contributed by atoms with van der Waals surface area (Å²) in [5, 5.41) is 6.17. The number of carbonyl (C=O) groups is 2. The summed E-state index contributed by atoms with van der Waals surface area (Å²) in [4.78, 5) is 25.4. The van der Waals surface area contributed by atoms with Crippen molar-refractivity contribution in [1.29, 1.82) is 0 Å². The number of nitrogens with zero attached hydrogens (tertiary/aromatic N) is 1. The molecule has 0 bridgehead atoms. The summed E-state index contributed by atoms with van der Waals surface area (Å²) >= 11 is 5.99. The van der Waals surface area contributed by atoms with Gasteiger partial charge in [0.1, 0.15) is 11.8 Å². The fourth-order valence-corrected chi connectivity index (χ4v) is 2.70. The molecular weight excluding hydrogens is 318 g/mol. The highest BCUT2D eigenvalue weighted by molar-refractivity contribution is 6.30. The van der Waals surface area contributed by atoms with Crippen LogP contribution in [-0.4, -0.2) is 43.6 Å². The van der Waals surface area contributed by atoms with E-state index in [4.69, 9.17) is 16.3 Å². The number of carbonyl (C=O) groups excluding carboxylic acids is 2. The number of hydrogen-bond donors (Lipinski definition) is 2. The van der Waals surface area contributed by atoms with Crippen LogP contribution in [0.3, 0.4) is 0 Å². The predicted molar refractivity (Wildman–Crippen MR) is 88.7 cm³/mol. The maximum Gasteiger partial charge on any atom is 0.315 e. The number of fused-ring (bicyclic) bond motifs is 1. The van der Waals surface area contributed by atoms with E-state index < -0.39 is 6.04 Å². The third-order valence-electron chi connectivity index (χ3n) is 3.71. The zero-order valence-corrected chi connectivity index (χ0v) is 14.3. The van der Waals surface area contributed by atoms with Gasteiger partial charge in [-0.25, -0.2) is 4.79 Å². The van der Waals surface area contributed by atoms with E-state index in [9.17, 15) is 9.59 Å². The van der Waals surface area contributed by atoms with Crippen LogP contribution in [-0.2, 0) is 4.79 Å². The topological polar surface area (TPSA) is 70.7 Å². The molecule has 0 aromatic heterocycles. The maximum atomic E-state index is 12.2. The van der Waals surface area contributed by atoms with Gasteiger partial charge in [0.05, 0.1) is 12.6 Å². The average Bonchev–Trinajstić information content (AvgIpc) is 2.68. The summed E-state index contributed by atoms with van der Waals surface area (Å²) in [6.45, 7) is 2.24. The zero-order chi connectivity index (χ0) is 17.0. The number of nitrogens with one attached hydrogen (secondary N) is 2. The van der Waals surface area contributed by atoms with E-state index in [0.717, 1.165) is 18.4 Å². The van der Waals surface area contributed by atoms with Gasteiger partial charge in [-0.15, -0.1) is 0 Å². The first-order valence-corrected chi connectivity index (χ1v) is 7.96. The van der Waals surface area contributed by atoms with Crippen molar-refractivity contribution in [3.05, 3.63) is 28.8 Å². The molecule has 23 heavy (non-hydrogen) atoms. The minimum atomic E-state index is -0.586. The SMILES string of the molecule is C[C@H](NC(=O)N[C@H]1CCCOc2cc(Cl)ccc21)C(=O)N(C)C. The standard InChI is InChI=1S/C16H22ClN3O3/c1-10(15(21)20(2)3)18-16(22)19-13-5-4-8-23-14-9-11(17)6-7-12(13)14/h6-7,9-10,13H,4-5,8H2,1-3H3,(H2,18,19,22)/t10-,13-/m0/s1. The normalized spacial score (nSPS) is 18.0. The predicted octanol–water partition coefficient (Wildman–Crippen LogP) is 2.33. The summed E-state index contributed by atoms with van der Waals surface area (Å²) < 4.78 is 5.67. The van der Waals surface area contributed by atoms with Crippen molar-refractivity contribution in [2.45, 2.75) is 31.8 Å². The summed E-state index contributed by atoms with van der Waals surface area (Å²) in [6, 6.07) is 4.26. The molecule has 126 valence electrons. The Morgan fingerprint density at radius 1 is 1.39 bits per heavy atom. The van der Waals surface area contributed by atoms with Crippen LogP contribution in [0.4, 0.5) is 4.79 Å². The molecule has 0 saturated heterocycles. The molecule has 0 spiro atoms. The smallest absolute Gasteiger partial charge is 0.315 e. The number of hydrogen-bond acceptors (Lipinski definition) is 3. The molecule has 7 heteroatoms. The minimum Gasteiger partial charge on any atom is -0.493 e. The highest BCUT2D eigenvalue weighted by Crippen LogP contribution is 2.33. The van der Waals surface area contributed by atoms with Gasteiger partial charge in [0.2, 0.25) is 5.91 Å². The third-order valence-corrected chi connectivity index (χ3v) is 3.94. The lowest BCUT2D eigenvalue weighted by Gasteiger charge is -2.22. The van der Waals surface area contributed by atoms with E-state index >= 15 is 0 Å². The monoisotopic (exact) mass is 339 g/mol. The molecule has 0 unspecified atom stereocenters. The van der Waals surface area contributed by atoms with E-state index in [0.29, 0.717) is 17.4 Å². The van der Waals surface area contributed by atoms with Gasteiger partial charge >= 0.3 is 6.03 Å². The molecule has 0 radical (unpaired) electrons.